The summed E-state index contributed by atoms with van der Waals surface area (Å²) in [7, 11) is 1.79. The van der Waals surface area contributed by atoms with Gasteiger partial charge >= 0.3 is 5.97 Å². The first-order valence-corrected chi connectivity index (χ1v) is 27.3. The van der Waals surface area contributed by atoms with Crippen LogP contribution in [0.1, 0.15) is 77.3 Å². The third kappa shape index (κ3) is 10.1. The lowest BCUT2D eigenvalue weighted by molar-refractivity contribution is -0.134. The largest absolute Gasteiger partial charge is 0.493 e. The van der Waals surface area contributed by atoms with Crippen LogP contribution in [0.15, 0.2) is 94.6 Å². The summed E-state index contributed by atoms with van der Waals surface area (Å²) in [6.45, 7) is 10.6. The van der Waals surface area contributed by atoms with Gasteiger partial charge < -0.3 is 20.1 Å². The molecular weight excluding hydrogens is 1050 g/mol. The number of fused-ring (bicyclic) bond motifs is 3. The van der Waals surface area contributed by atoms with Gasteiger partial charge in [0.05, 0.1) is 49.8 Å². The number of hydrogen-bond donors (Lipinski definition) is 4. The maximum Gasteiger partial charge on any atom is 0.342 e. The monoisotopic (exact) mass is 1100 g/mol. The molecule has 0 aliphatic carbocycles. The first-order valence-electron chi connectivity index (χ1n) is 24.3. The highest BCUT2D eigenvalue weighted by Crippen LogP contribution is 2.39. The van der Waals surface area contributed by atoms with Crippen LogP contribution >= 0.6 is 32.1 Å². The number of aromatic nitrogens is 3. The Balaban J connectivity index is 0.737. The van der Waals surface area contributed by atoms with Gasteiger partial charge in [-0.15, -0.1) is 0 Å². The van der Waals surface area contributed by atoms with Crippen LogP contribution in [0.5, 0.6) is 5.75 Å². The molecule has 6 heterocycles. The van der Waals surface area contributed by atoms with Crippen LogP contribution in [0.4, 0.5) is 10.8 Å². The van der Waals surface area contributed by atoms with Gasteiger partial charge in [-0.3, -0.25) is 44.3 Å². The second kappa shape index (κ2) is 21.0. The lowest BCUT2D eigenvalue weighted by Gasteiger charge is -2.44. The van der Waals surface area contributed by atoms with Crippen molar-refractivity contribution in [2.24, 2.45) is 7.05 Å². The summed E-state index contributed by atoms with van der Waals surface area (Å²) >= 11 is 0.373. The molecule has 0 saturated carbocycles. The molecule has 2 fully saturated rings. The molecule has 6 aromatic rings. The van der Waals surface area contributed by atoms with E-state index in [-0.39, 0.29) is 48.7 Å². The molecule has 372 valence electrons. The second-order valence-electron chi connectivity index (χ2n) is 18.9. The van der Waals surface area contributed by atoms with E-state index >= 15 is 0 Å². The zero-order valence-electron chi connectivity index (χ0n) is 40.5. The average molecular weight is 1100 g/mol. The molecule has 2 saturated heterocycles. The van der Waals surface area contributed by atoms with Gasteiger partial charge in [-0.1, -0.05) is 86.7 Å². The summed E-state index contributed by atoms with van der Waals surface area (Å²) in [5.74, 6) is -1.70. The van der Waals surface area contributed by atoms with E-state index in [0.29, 0.717) is 50.8 Å². The topological polar surface area (TPSA) is 191 Å². The first kappa shape index (κ1) is 49.1. The lowest BCUT2D eigenvalue weighted by Crippen LogP contribution is -2.58. The molecule has 16 nitrogen and oxygen atoms in total. The number of nitrogens with one attached hydrogen (secondary N) is 3. The first-order chi connectivity index (χ1) is 34.8. The number of hydrogen-bond acceptors (Lipinski definition) is 12. The minimum atomic E-state index is -1.07. The number of aliphatic carboxylic acids is 1. The number of piperazine rings is 1. The van der Waals surface area contributed by atoms with Crippen LogP contribution in [-0.4, -0.2) is 119 Å². The molecule has 4 N–H and O–H groups in total. The van der Waals surface area contributed by atoms with Crippen LogP contribution in [-0.2, 0) is 39.2 Å². The Morgan fingerprint density at radius 1 is 0.944 bits per heavy atom. The zero-order chi connectivity index (χ0) is 50.2. The fraction of sp³-hybridized carbons (Fsp3) is 0.333. The molecule has 4 aliphatic rings. The number of carbonyl (C=O) groups is 5. The van der Waals surface area contributed by atoms with Crippen LogP contribution in [0.2, 0.25) is 0 Å². The number of carboxylic acids is 1. The van der Waals surface area contributed by atoms with E-state index in [9.17, 15) is 29.1 Å². The van der Waals surface area contributed by atoms with Crippen molar-refractivity contribution in [3.8, 4) is 5.75 Å². The number of nitrogens with zero attached hydrogens (tertiary/aromatic N) is 6. The van der Waals surface area contributed by atoms with Crippen molar-refractivity contribution in [1.29, 1.82) is 0 Å². The van der Waals surface area contributed by atoms with E-state index in [4.69, 9.17) is 4.74 Å². The second-order valence-corrected chi connectivity index (χ2v) is 22.6. The number of amides is 4. The number of ether oxygens (including phenoxy) is 1. The smallest absolute Gasteiger partial charge is 0.342 e. The standard InChI is InChI=1S/C54H56IN9O7S/c1-31-27-62(28-32(2)64(31)30-47(66)56-42-16-8-14-38-49(60-61(4)50(38)42)39-20-22-46(65)58-52(39)68)24-10-26-71-43-17-9-12-35(33(43)3)36-19-21-45(55-48(36)53(69)70)63-25-23-34-11-7-13-37(40(34)29-63)51(67)59-54-57-41-15-5-6-18-44(41)72-54/h5-9,11-19,21,31-32,39H,10,20,22-30H2,1-4H3,(H,56,66)(H,69,70)(H,57,59,67)(H,58,65,68). The molecule has 0 radical (unpaired) electrons. The number of carboxylic acid groups (broad SMARTS) is 1. The Bertz CT molecular complexity index is 3220. The van der Waals surface area contributed by atoms with Crippen molar-refractivity contribution in [2.75, 3.05) is 50.0 Å². The predicted octanol–water partition coefficient (Wildman–Crippen LogP) is 7.59. The normalized spacial score (nSPS) is 19.9. The van der Waals surface area contributed by atoms with E-state index in [0.717, 1.165) is 91.8 Å². The molecule has 3 atom stereocenters. The van der Waals surface area contributed by atoms with Crippen LogP contribution in [0, 0.1) is 6.92 Å². The summed E-state index contributed by atoms with van der Waals surface area (Å²) in [5.41, 5.74) is 7.90. The Morgan fingerprint density at radius 2 is 1.74 bits per heavy atom. The number of imide groups is 1. The van der Waals surface area contributed by atoms with Crippen molar-refractivity contribution in [2.45, 2.75) is 71.0 Å². The van der Waals surface area contributed by atoms with E-state index in [1.165, 1.54) is 11.3 Å². The Labute approximate surface area is 430 Å². The van der Waals surface area contributed by atoms with E-state index in [1.807, 2.05) is 85.8 Å². The van der Waals surface area contributed by atoms with Gasteiger partial charge in [0.15, 0.2) is 5.13 Å². The van der Waals surface area contributed by atoms with Crippen molar-refractivity contribution < 1.29 is 33.8 Å². The Morgan fingerprint density at radius 3 is 2.53 bits per heavy atom. The van der Waals surface area contributed by atoms with Gasteiger partial charge in [-0.05, 0) is 98.7 Å². The minimum Gasteiger partial charge on any atom is -0.493 e. The van der Waals surface area contributed by atoms with E-state index < -0.39 is 32.6 Å². The summed E-state index contributed by atoms with van der Waals surface area (Å²) < 4.78 is 10.5. The fourth-order valence-corrected chi connectivity index (χ4v) is 14.0. The molecule has 72 heavy (non-hydrogen) atoms. The quantitative estimate of drug-likeness (QED) is 0.0476. The molecule has 10 rings (SSSR count). The van der Waals surface area contributed by atoms with E-state index in [1.54, 1.807) is 11.7 Å². The summed E-state index contributed by atoms with van der Waals surface area (Å²) in [6, 6.07) is 25.3. The number of carbonyl (C=O) groups excluding carboxylic acids is 4. The SMILES string of the molecule is Cc1c(OCCCN2CC(C)N(CC(=O)Nc3cccc4c(C5CCC(=O)NC5=O)nn(C)c34)C(C)C2)cccc1C1=C(C(=O)O)I=C(N2CCc3cccc(C(=O)Nc4nc5ccccc5s4)c3C2)C=C1. The number of benzene rings is 4. The number of rotatable bonds is 14. The molecule has 3 unspecified atom stereocenters. The zero-order valence-corrected chi connectivity index (χ0v) is 43.5. The van der Waals surface area contributed by atoms with Crippen molar-refractivity contribution in [1.82, 2.24) is 34.8 Å². The summed E-state index contributed by atoms with van der Waals surface area (Å²) in [6.07, 6.45) is 6.18. The average Bonchev–Trinajstić information content (AvgIpc) is 3.94. The minimum absolute atomic E-state index is 0.123. The third-order valence-corrected chi connectivity index (χ3v) is 18.2. The van der Waals surface area contributed by atoms with Crippen molar-refractivity contribution in [3.63, 3.8) is 0 Å². The van der Waals surface area contributed by atoms with Gasteiger partial charge in [0.2, 0.25) is 17.7 Å². The summed E-state index contributed by atoms with van der Waals surface area (Å²) in [5, 5.41) is 25.2. The maximum absolute atomic E-state index is 13.7. The molecule has 4 aromatic carbocycles. The van der Waals surface area contributed by atoms with Gasteiger partial charge in [0.1, 0.15) is 9.33 Å². The van der Waals surface area contributed by atoms with Crippen LogP contribution in [0.3, 0.4) is 0 Å². The van der Waals surface area contributed by atoms with E-state index in [2.05, 4.69) is 66.7 Å². The summed E-state index contributed by atoms with van der Waals surface area (Å²) in [4.78, 5) is 76.2. The number of anilines is 2. The molecule has 0 spiro atoms. The lowest BCUT2D eigenvalue weighted by atomic mass is 9.92. The van der Waals surface area contributed by atoms with Crippen molar-refractivity contribution in [3.05, 3.63) is 128 Å². The predicted molar refractivity (Wildman–Crippen MR) is 289 cm³/mol. The highest BCUT2D eigenvalue weighted by atomic mass is 127. The van der Waals surface area contributed by atoms with Crippen LogP contribution < -0.4 is 20.7 Å². The number of thiazole rings is 1. The number of halogens is 1. The highest BCUT2D eigenvalue weighted by Gasteiger charge is 2.34. The number of para-hydroxylation sites is 2. The fourth-order valence-electron chi connectivity index (χ4n) is 10.5. The molecule has 0 bridgehead atoms. The van der Waals surface area contributed by atoms with Gasteiger partial charge in [-0.25, -0.2) is 9.78 Å². The number of piperidine rings is 1. The Kier molecular flexibility index (Phi) is 14.3. The maximum atomic E-state index is 13.7. The van der Waals surface area contributed by atoms with Gasteiger partial charge in [-0.2, -0.15) is 5.10 Å². The number of allylic oxidation sites excluding steroid dienone is 2. The molecular formula is C54H56IN9O7S. The molecule has 4 amide bonds. The molecule has 18 heteroatoms. The van der Waals surface area contributed by atoms with Gasteiger partial charge in [0.25, 0.3) is 5.91 Å². The highest BCUT2D eigenvalue weighted by molar-refractivity contribution is 14.2. The number of aryl methyl sites for hydroxylation is 1. The molecule has 4 aliphatic heterocycles. The van der Waals surface area contributed by atoms with Crippen molar-refractivity contribution >= 4 is 103 Å². The van der Waals surface area contributed by atoms with Crippen LogP contribution in [0.25, 0.3) is 26.7 Å². The Hall–Kier alpha value is -6.45. The van der Waals surface area contributed by atoms with Gasteiger partial charge in [0, 0.05) is 74.8 Å². The molecule has 2 aromatic heterocycles. The third-order valence-electron chi connectivity index (χ3n) is 14.0.